The van der Waals surface area contributed by atoms with Crippen LogP contribution in [0.4, 0.5) is 0 Å². The van der Waals surface area contributed by atoms with E-state index < -0.39 is 5.69 Å². The van der Waals surface area contributed by atoms with Gasteiger partial charge in [0.05, 0.1) is 5.02 Å². The minimum absolute atomic E-state index is 0.313. The van der Waals surface area contributed by atoms with Crippen LogP contribution in [0.3, 0.4) is 0 Å². The Morgan fingerprint density at radius 1 is 1.11 bits per heavy atom. The Labute approximate surface area is 172 Å². The molecule has 148 valence electrons. The van der Waals surface area contributed by atoms with Crippen LogP contribution in [0.2, 0.25) is 5.02 Å². The van der Waals surface area contributed by atoms with Crippen LogP contribution in [-0.4, -0.2) is 50.4 Å². The zero-order valence-electron chi connectivity index (χ0n) is 16.3. The molecule has 1 aromatic carbocycles. The van der Waals surface area contributed by atoms with Crippen molar-refractivity contribution < 1.29 is 0 Å². The van der Waals surface area contributed by atoms with Gasteiger partial charge in [-0.25, -0.2) is 14.8 Å². The molecule has 0 fully saturated rings. The molecule has 0 aliphatic carbocycles. The number of hydrogen-bond acceptors (Lipinski definition) is 6. The lowest BCUT2D eigenvalue weighted by atomic mass is 10.2. The molecule has 0 aliphatic rings. The monoisotopic (exact) mass is 419 g/mol. The molecule has 9 heteroatoms. The van der Waals surface area contributed by atoms with Crippen LogP contribution in [0.5, 0.6) is 0 Å². The molecule has 0 atom stereocenters. The molecule has 0 radical (unpaired) electrons. The Kier molecular flexibility index (Phi) is 6.22. The largest absolute Gasteiger partial charge is 0.332 e. The van der Waals surface area contributed by atoms with Crippen LogP contribution in [0.25, 0.3) is 22.4 Å². The zero-order valence-corrected chi connectivity index (χ0v) is 17.8. The summed E-state index contributed by atoms with van der Waals surface area (Å²) in [6.07, 6.45) is 0.941. The highest BCUT2D eigenvalue weighted by molar-refractivity contribution is 7.99. The molecular weight excluding hydrogens is 398 g/mol. The van der Waals surface area contributed by atoms with Crippen molar-refractivity contribution in [2.45, 2.75) is 11.4 Å². The van der Waals surface area contributed by atoms with Crippen molar-refractivity contribution in [1.29, 1.82) is 0 Å². The van der Waals surface area contributed by atoms with Crippen molar-refractivity contribution in [1.82, 2.24) is 24.0 Å². The first kappa shape index (κ1) is 20.6. The van der Waals surface area contributed by atoms with Gasteiger partial charge in [-0.2, -0.15) is 0 Å². The van der Waals surface area contributed by atoms with Crippen molar-refractivity contribution in [2.24, 2.45) is 14.1 Å². The number of rotatable bonds is 6. The highest BCUT2D eigenvalue weighted by Crippen LogP contribution is 2.29. The third-order valence-electron chi connectivity index (χ3n) is 4.37. The van der Waals surface area contributed by atoms with Gasteiger partial charge in [0.25, 0.3) is 5.56 Å². The molecule has 3 aromatic rings. The molecule has 0 saturated carbocycles. The van der Waals surface area contributed by atoms with Crippen LogP contribution in [0, 0.1) is 0 Å². The molecular formula is C19H22ClN5O2S. The van der Waals surface area contributed by atoms with E-state index in [9.17, 15) is 9.59 Å². The predicted octanol–water partition coefficient (Wildman–Crippen LogP) is 2.39. The van der Waals surface area contributed by atoms with Crippen molar-refractivity contribution >= 4 is 34.4 Å². The molecule has 3 rings (SSSR count). The molecule has 0 bridgehead atoms. The first-order chi connectivity index (χ1) is 13.3. The van der Waals surface area contributed by atoms with E-state index in [4.69, 9.17) is 11.6 Å². The SMILES string of the molecule is CN(C)CCCSc1nc(-c2ccccc2Cl)nc2c1c(=O)n(C)c(=O)n2C. The van der Waals surface area contributed by atoms with Crippen molar-refractivity contribution in [2.75, 3.05) is 26.4 Å². The Balaban J connectivity index is 2.21. The number of fused-ring (bicyclic) bond motifs is 1. The summed E-state index contributed by atoms with van der Waals surface area (Å²) in [5.74, 6) is 1.19. The topological polar surface area (TPSA) is 73.0 Å². The quantitative estimate of drug-likeness (QED) is 0.347. The van der Waals surface area contributed by atoms with Crippen LogP contribution in [-0.2, 0) is 14.1 Å². The summed E-state index contributed by atoms with van der Waals surface area (Å²) in [4.78, 5) is 36.5. The van der Waals surface area contributed by atoms with E-state index in [0.29, 0.717) is 32.5 Å². The molecule has 2 aromatic heterocycles. The molecule has 0 amide bonds. The van der Waals surface area contributed by atoms with Gasteiger partial charge in [-0.05, 0) is 39.2 Å². The Morgan fingerprint density at radius 3 is 2.50 bits per heavy atom. The van der Waals surface area contributed by atoms with Gasteiger partial charge in [-0.3, -0.25) is 13.9 Å². The number of halogens is 1. The Morgan fingerprint density at radius 2 is 1.82 bits per heavy atom. The highest BCUT2D eigenvalue weighted by atomic mass is 35.5. The van der Waals surface area contributed by atoms with Crippen LogP contribution in [0.1, 0.15) is 6.42 Å². The molecule has 0 saturated heterocycles. The second-order valence-corrected chi connectivity index (χ2v) is 8.23. The van der Waals surface area contributed by atoms with Crippen LogP contribution in [0.15, 0.2) is 38.9 Å². The number of benzene rings is 1. The van der Waals surface area contributed by atoms with Gasteiger partial charge < -0.3 is 4.90 Å². The van der Waals surface area contributed by atoms with Gasteiger partial charge in [0.1, 0.15) is 10.4 Å². The lowest BCUT2D eigenvalue weighted by molar-refractivity contribution is 0.410. The van der Waals surface area contributed by atoms with Gasteiger partial charge in [0, 0.05) is 25.4 Å². The summed E-state index contributed by atoms with van der Waals surface area (Å²) < 4.78 is 2.47. The number of aryl methyl sites for hydroxylation is 1. The van der Waals surface area contributed by atoms with Gasteiger partial charge >= 0.3 is 5.69 Å². The molecule has 28 heavy (non-hydrogen) atoms. The van der Waals surface area contributed by atoms with E-state index >= 15 is 0 Å². The van der Waals surface area contributed by atoms with E-state index in [-0.39, 0.29) is 5.56 Å². The minimum atomic E-state index is -0.426. The Bertz CT molecular complexity index is 1140. The summed E-state index contributed by atoms with van der Waals surface area (Å²) in [5, 5.41) is 1.43. The zero-order chi connectivity index (χ0) is 20.4. The maximum absolute atomic E-state index is 12.8. The predicted molar refractivity (Wildman–Crippen MR) is 114 cm³/mol. The summed E-state index contributed by atoms with van der Waals surface area (Å²) >= 11 is 7.82. The maximum atomic E-state index is 12.8. The summed E-state index contributed by atoms with van der Waals surface area (Å²) in [5.41, 5.74) is 0.159. The lowest BCUT2D eigenvalue weighted by Crippen LogP contribution is -2.37. The number of thioether (sulfide) groups is 1. The molecule has 7 nitrogen and oxygen atoms in total. The minimum Gasteiger partial charge on any atom is -0.309 e. The number of hydrogen-bond donors (Lipinski definition) is 0. The third-order valence-corrected chi connectivity index (χ3v) is 5.76. The van der Waals surface area contributed by atoms with E-state index in [1.165, 1.54) is 23.4 Å². The number of nitrogens with zero attached hydrogens (tertiary/aromatic N) is 5. The second kappa shape index (κ2) is 8.46. The fourth-order valence-corrected chi connectivity index (χ4v) is 4.01. The Hall–Kier alpha value is -2.16. The van der Waals surface area contributed by atoms with E-state index in [1.54, 1.807) is 13.1 Å². The fourth-order valence-electron chi connectivity index (χ4n) is 2.85. The van der Waals surface area contributed by atoms with Crippen molar-refractivity contribution in [3.8, 4) is 11.4 Å². The molecule has 0 aliphatic heterocycles. The average Bonchev–Trinajstić information content (AvgIpc) is 2.67. The average molecular weight is 420 g/mol. The van der Waals surface area contributed by atoms with Gasteiger partial charge in [-0.15, -0.1) is 11.8 Å². The summed E-state index contributed by atoms with van der Waals surface area (Å²) in [7, 11) is 7.11. The first-order valence-corrected chi connectivity index (χ1v) is 10.2. The second-order valence-electron chi connectivity index (χ2n) is 6.74. The summed E-state index contributed by atoms with van der Waals surface area (Å²) in [6, 6.07) is 7.26. The fraction of sp³-hybridized carbons (Fsp3) is 0.368. The highest BCUT2D eigenvalue weighted by Gasteiger charge is 2.19. The summed E-state index contributed by atoms with van der Waals surface area (Å²) in [6.45, 7) is 0.934. The maximum Gasteiger partial charge on any atom is 0.332 e. The third kappa shape index (κ3) is 3.99. The smallest absolute Gasteiger partial charge is 0.309 e. The molecule has 2 heterocycles. The van der Waals surface area contributed by atoms with Crippen molar-refractivity contribution in [3.63, 3.8) is 0 Å². The molecule has 0 unspecified atom stereocenters. The normalized spacial score (nSPS) is 11.5. The van der Waals surface area contributed by atoms with Crippen LogP contribution < -0.4 is 11.2 Å². The number of aromatic nitrogens is 4. The standard InChI is InChI=1S/C19H22ClN5O2S/c1-23(2)10-7-11-28-17-14-16(24(3)19(27)25(4)18(14)26)21-15(22-17)12-8-5-6-9-13(12)20/h5-6,8-9H,7,10-11H2,1-4H3. The lowest BCUT2D eigenvalue weighted by Gasteiger charge is -2.13. The first-order valence-electron chi connectivity index (χ1n) is 8.81. The van der Waals surface area contributed by atoms with Crippen molar-refractivity contribution in [3.05, 3.63) is 50.1 Å². The van der Waals surface area contributed by atoms with Gasteiger partial charge in [-0.1, -0.05) is 23.7 Å². The van der Waals surface area contributed by atoms with E-state index in [0.717, 1.165) is 23.3 Å². The molecule has 0 spiro atoms. The van der Waals surface area contributed by atoms with E-state index in [2.05, 4.69) is 14.9 Å². The van der Waals surface area contributed by atoms with Gasteiger partial charge in [0.2, 0.25) is 0 Å². The molecule has 0 N–H and O–H groups in total. The van der Waals surface area contributed by atoms with Gasteiger partial charge in [0.15, 0.2) is 11.5 Å². The van der Waals surface area contributed by atoms with E-state index in [1.807, 2.05) is 32.3 Å². The van der Waals surface area contributed by atoms with Crippen LogP contribution >= 0.6 is 23.4 Å².